The average molecular weight is 354 g/mol. The van der Waals surface area contributed by atoms with Crippen molar-refractivity contribution in [1.29, 1.82) is 0 Å². The second-order valence-corrected chi connectivity index (χ2v) is 6.84. The van der Waals surface area contributed by atoms with E-state index < -0.39 is 0 Å². The van der Waals surface area contributed by atoms with Crippen LogP contribution in [0.5, 0.6) is 0 Å². The van der Waals surface area contributed by atoms with Crippen molar-refractivity contribution < 1.29 is 0 Å². The Kier molecular flexibility index (Phi) is 3.55. The molecule has 0 fully saturated rings. The number of rotatable bonds is 2. The fraction of sp³-hybridized carbons (Fsp3) is 0. The van der Waals surface area contributed by atoms with Gasteiger partial charge in [0.2, 0.25) is 0 Å². The van der Waals surface area contributed by atoms with Crippen LogP contribution in [0.2, 0.25) is 5.02 Å². The van der Waals surface area contributed by atoms with Gasteiger partial charge >= 0.3 is 0 Å². The smallest absolute Gasteiger partial charge is 0.0619 e. The number of nitrogens with zero attached hydrogens (tertiary/aromatic N) is 1. The highest BCUT2D eigenvalue weighted by Gasteiger charge is 2.15. The fourth-order valence-corrected chi connectivity index (χ4v) is 3.94. The summed E-state index contributed by atoms with van der Waals surface area (Å²) in [5, 5.41) is 3.26. The van der Waals surface area contributed by atoms with E-state index in [2.05, 4.69) is 83.4 Å². The van der Waals surface area contributed by atoms with Gasteiger partial charge in [-0.25, -0.2) is 0 Å². The summed E-state index contributed by atoms with van der Waals surface area (Å²) in [5.41, 5.74) is 5.90. The van der Waals surface area contributed by atoms with Gasteiger partial charge in [-0.15, -0.1) is 0 Å². The molecule has 4 aromatic carbocycles. The molecule has 0 aliphatic heterocycles. The number of benzene rings is 4. The molecule has 2 heteroatoms. The van der Waals surface area contributed by atoms with Crippen LogP contribution in [0, 0.1) is 0 Å². The van der Waals surface area contributed by atoms with Gasteiger partial charge in [-0.05, 0) is 35.9 Å². The summed E-state index contributed by atoms with van der Waals surface area (Å²) < 4.78 is 2.35. The lowest BCUT2D eigenvalue weighted by Crippen LogP contribution is -1.95. The number of hydrogen-bond donors (Lipinski definition) is 0. The van der Waals surface area contributed by atoms with Gasteiger partial charge < -0.3 is 4.57 Å². The molecular formula is C24H16ClN. The van der Waals surface area contributed by atoms with Crippen molar-refractivity contribution in [3.05, 3.63) is 102 Å². The molecule has 0 aliphatic carbocycles. The minimum absolute atomic E-state index is 0.752. The molecule has 0 N–H and O–H groups in total. The van der Waals surface area contributed by atoms with E-state index in [1.807, 2.05) is 18.2 Å². The molecule has 5 aromatic rings. The van der Waals surface area contributed by atoms with Crippen LogP contribution in [-0.4, -0.2) is 4.57 Å². The topological polar surface area (TPSA) is 4.93 Å². The van der Waals surface area contributed by atoms with E-state index in [0.717, 1.165) is 16.3 Å². The average Bonchev–Trinajstić information content (AvgIpc) is 3.03. The number of hydrogen-bond acceptors (Lipinski definition) is 0. The first-order valence-electron chi connectivity index (χ1n) is 8.66. The Labute approximate surface area is 157 Å². The van der Waals surface area contributed by atoms with Gasteiger partial charge in [0.25, 0.3) is 0 Å². The summed E-state index contributed by atoms with van der Waals surface area (Å²) in [7, 11) is 0. The van der Waals surface area contributed by atoms with E-state index in [4.69, 9.17) is 11.6 Å². The third-order valence-electron chi connectivity index (χ3n) is 4.84. The SMILES string of the molecule is Clc1cccc(-c2cccc3c4ccccc4n(-c4ccccc4)c23)c1. The molecule has 5 rings (SSSR count). The molecular weight excluding hydrogens is 338 g/mol. The van der Waals surface area contributed by atoms with Gasteiger partial charge in [0.1, 0.15) is 0 Å². The summed E-state index contributed by atoms with van der Waals surface area (Å²) in [6.45, 7) is 0. The first-order chi connectivity index (χ1) is 12.8. The van der Waals surface area contributed by atoms with Crippen molar-refractivity contribution in [3.63, 3.8) is 0 Å². The molecule has 1 aromatic heterocycles. The number of para-hydroxylation sites is 3. The summed E-state index contributed by atoms with van der Waals surface area (Å²) in [4.78, 5) is 0. The number of aromatic nitrogens is 1. The fourth-order valence-electron chi connectivity index (χ4n) is 3.75. The minimum Gasteiger partial charge on any atom is -0.309 e. The molecule has 0 bridgehead atoms. The maximum atomic E-state index is 6.27. The molecule has 0 saturated heterocycles. The van der Waals surface area contributed by atoms with Gasteiger partial charge in [-0.3, -0.25) is 0 Å². The van der Waals surface area contributed by atoms with E-state index in [-0.39, 0.29) is 0 Å². The van der Waals surface area contributed by atoms with Gasteiger partial charge in [0, 0.05) is 27.0 Å². The zero-order valence-electron chi connectivity index (χ0n) is 14.1. The summed E-state index contributed by atoms with van der Waals surface area (Å²) in [5.74, 6) is 0. The molecule has 0 aliphatic rings. The minimum atomic E-state index is 0.752. The van der Waals surface area contributed by atoms with E-state index in [9.17, 15) is 0 Å². The summed E-state index contributed by atoms with van der Waals surface area (Å²) >= 11 is 6.27. The van der Waals surface area contributed by atoms with E-state index >= 15 is 0 Å². The van der Waals surface area contributed by atoms with Gasteiger partial charge in [-0.2, -0.15) is 0 Å². The van der Waals surface area contributed by atoms with Crippen molar-refractivity contribution in [3.8, 4) is 16.8 Å². The molecule has 0 atom stereocenters. The second-order valence-electron chi connectivity index (χ2n) is 6.40. The van der Waals surface area contributed by atoms with E-state index in [1.54, 1.807) is 0 Å². The largest absolute Gasteiger partial charge is 0.309 e. The van der Waals surface area contributed by atoms with Crippen LogP contribution >= 0.6 is 11.6 Å². The molecule has 0 unspecified atom stereocenters. The quantitative estimate of drug-likeness (QED) is 0.319. The molecule has 26 heavy (non-hydrogen) atoms. The first kappa shape index (κ1) is 15.2. The van der Waals surface area contributed by atoms with Crippen LogP contribution in [0.4, 0.5) is 0 Å². The Bertz CT molecular complexity index is 1240. The second kappa shape index (κ2) is 6.05. The van der Waals surface area contributed by atoms with Crippen LogP contribution in [0.1, 0.15) is 0 Å². The Morgan fingerprint density at radius 2 is 1.35 bits per heavy atom. The summed E-state index contributed by atoms with van der Waals surface area (Å²) in [6.07, 6.45) is 0. The number of fused-ring (bicyclic) bond motifs is 3. The zero-order valence-corrected chi connectivity index (χ0v) is 14.8. The molecule has 0 saturated carbocycles. The van der Waals surface area contributed by atoms with E-state index in [0.29, 0.717) is 0 Å². The van der Waals surface area contributed by atoms with Crippen LogP contribution in [0.15, 0.2) is 97.1 Å². The lowest BCUT2D eigenvalue weighted by molar-refractivity contribution is 1.18. The summed E-state index contributed by atoms with van der Waals surface area (Å²) in [6, 6.07) is 33.7. The predicted octanol–water partition coefficient (Wildman–Crippen LogP) is 7.10. The number of halogens is 1. The van der Waals surface area contributed by atoms with Crippen LogP contribution < -0.4 is 0 Å². The molecule has 0 amide bonds. The van der Waals surface area contributed by atoms with Crippen molar-refractivity contribution in [2.75, 3.05) is 0 Å². The highest BCUT2D eigenvalue weighted by atomic mass is 35.5. The molecule has 1 heterocycles. The van der Waals surface area contributed by atoms with Crippen molar-refractivity contribution in [2.45, 2.75) is 0 Å². The van der Waals surface area contributed by atoms with Crippen molar-refractivity contribution in [2.24, 2.45) is 0 Å². The third kappa shape index (κ3) is 2.33. The van der Waals surface area contributed by atoms with Crippen LogP contribution in [0.25, 0.3) is 38.6 Å². The molecule has 1 nitrogen and oxygen atoms in total. The van der Waals surface area contributed by atoms with Crippen molar-refractivity contribution in [1.82, 2.24) is 4.57 Å². The Morgan fingerprint density at radius 1 is 0.615 bits per heavy atom. The van der Waals surface area contributed by atoms with Crippen molar-refractivity contribution >= 4 is 33.4 Å². The van der Waals surface area contributed by atoms with Gasteiger partial charge in [0.15, 0.2) is 0 Å². The molecule has 0 spiro atoms. The molecule has 124 valence electrons. The maximum absolute atomic E-state index is 6.27. The third-order valence-corrected chi connectivity index (χ3v) is 5.08. The molecule has 0 radical (unpaired) electrons. The Morgan fingerprint density at radius 3 is 2.19 bits per heavy atom. The lowest BCUT2D eigenvalue weighted by Gasteiger charge is -2.11. The predicted molar refractivity (Wildman–Crippen MR) is 111 cm³/mol. The maximum Gasteiger partial charge on any atom is 0.0619 e. The Balaban J connectivity index is 1.98. The standard InChI is InChI=1S/C24H16ClN/c25-18-9-6-8-17(16-18)20-13-7-14-22-21-12-4-5-15-23(21)26(24(20)22)19-10-2-1-3-11-19/h1-16H. The highest BCUT2D eigenvalue weighted by Crippen LogP contribution is 2.38. The van der Waals surface area contributed by atoms with Gasteiger partial charge in [0.05, 0.1) is 11.0 Å². The highest BCUT2D eigenvalue weighted by molar-refractivity contribution is 6.31. The van der Waals surface area contributed by atoms with Crippen LogP contribution in [0.3, 0.4) is 0 Å². The van der Waals surface area contributed by atoms with Gasteiger partial charge in [-0.1, -0.05) is 78.3 Å². The lowest BCUT2D eigenvalue weighted by atomic mass is 10.0. The Hall–Kier alpha value is -3.03. The van der Waals surface area contributed by atoms with Crippen LogP contribution in [-0.2, 0) is 0 Å². The normalized spacial score (nSPS) is 11.3. The zero-order chi connectivity index (χ0) is 17.5. The monoisotopic (exact) mass is 353 g/mol. The first-order valence-corrected chi connectivity index (χ1v) is 9.04. The van der Waals surface area contributed by atoms with E-state index in [1.165, 1.54) is 27.4 Å².